The van der Waals surface area contributed by atoms with Crippen LogP contribution in [0, 0.1) is 0 Å². The minimum Gasteiger partial charge on any atom is -0.355 e. The van der Waals surface area contributed by atoms with Crippen molar-refractivity contribution in [2.24, 2.45) is 0 Å². The molecule has 0 spiro atoms. The van der Waals surface area contributed by atoms with Gasteiger partial charge in [-0.1, -0.05) is 24.6 Å². The van der Waals surface area contributed by atoms with Crippen LogP contribution in [0.2, 0.25) is 0 Å². The zero-order valence-electron chi connectivity index (χ0n) is 14.2. The third kappa shape index (κ3) is 4.94. The molecule has 6 nitrogen and oxygen atoms in total. The first-order valence-electron chi connectivity index (χ1n) is 8.35. The maximum absolute atomic E-state index is 12.7. The smallest absolute Gasteiger partial charge is 0.244 e. The van der Waals surface area contributed by atoms with Gasteiger partial charge in [-0.3, -0.25) is 4.79 Å². The van der Waals surface area contributed by atoms with Crippen molar-refractivity contribution >= 4 is 27.7 Å². The van der Waals surface area contributed by atoms with E-state index in [9.17, 15) is 13.2 Å². The van der Waals surface area contributed by atoms with Gasteiger partial charge in [0.15, 0.2) is 0 Å². The Kier molecular flexibility index (Phi) is 7.06. The van der Waals surface area contributed by atoms with Crippen molar-refractivity contribution in [2.75, 3.05) is 19.6 Å². The summed E-state index contributed by atoms with van der Waals surface area (Å²) in [5, 5.41) is 3.13. The van der Waals surface area contributed by atoms with Crippen molar-refractivity contribution < 1.29 is 13.2 Å². The van der Waals surface area contributed by atoms with Crippen molar-refractivity contribution in [3.8, 4) is 0 Å². The molecule has 0 radical (unpaired) electrons. The number of sulfonamides is 1. The van der Waals surface area contributed by atoms with E-state index < -0.39 is 10.0 Å². The molecule has 0 aliphatic carbocycles. The van der Waals surface area contributed by atoms with E-state index in [2.05, 4.69) is 10.3 Å². The second-order valence-corrected chi connectivity index (χ2v) is 9.10. The predicted octanol–water partition coefficient (Wildman–Crippen LogP) is 2.26. The van der Waals surface area contributed by atoms with Crippen LogP contribution in [0.1, 0.15) is 39.5 Å². The molecule has 2 heterocycles. The molecule has 134 valence electrons. The van der Waals surface area contributed by atoms with Gasteiger partial charge in [0.1, 0.15) is 4.90 Å². The average molecular weight is 372 g/mol. The molecular weight excluding hydrogens is 346 g/mol. The number of hydrogen-bond donors (Lipinski definition) is 1. The molecule has 0 saturated carbocycles. The lowest BCUT2D eigenvalue weighted by molar-refractivity contribution is -0.120. The number of carbonyl (C=O) groups excluding carboxylic acids is 1. The van der Waals surface area contributed by atoms with Crippen LogP contribution in [0.3, 0.4) is 0 Å². The zero-order valence-corrected chi connectivity index (χ0v) is 15.8. The third-order valence-corrected chi connectivity index (χ3v) is 6.86. The van der Waals surface area contributed by atoms with Crippen molar-refractivity contribution in [3.63, 3.8) is 0 Å². The third-order valence-electron chi connectivity index (χ3n) is 3.93. The highest BCUT2D eigenvalue weighted by Gasteiger charge is 2.25. The van der Waals surface area contributed by atoms with E-state index in [0.717, 1.165) is 25.7 Å². The highest BCUT2D eigenvalue weighted by Crippen LogP contribution is 2.24. The predicted molar refractivity (Wildman–Crippen MR) is 95.5 cm³/mol. The Labute approximate surface area is 148 Å². The van der Waals surface area contributed by atoms with E-state index in [1.807, 2.05) is 6.92 Å². The van der Waals surface area contributed by atoms with Crippen LogP contribution >= 0.6 is 11.8 Å². The largest absolute Gasteiger partial charge is 0.355 e. The van der Waals surface area contributed by atoms with E-state index in [0.29, 0.717) is 24.7 Å². The minimum atomic E-state index is -3.47. The van der Waals surface area contributed by atoms with Crippen LogP contribution in [0.5, 0.6) is 0 Å². The van der Waals surface area contributed by atoms with E-state index in [1.54, 1.807) is 23.4 Å². The lowest BCUT2D eigenvalue weighted by Gasteiger charge is -2.19. The summed E-state index contributed by atoms with van der Waals surface area (Å²) >= 11 is 1.32. The van der Waals surface area contributed by atoms with Gasteiger partial charge in [-0.05, 0) is 38.8 Å². The number of nitrogens with zero attached hydrogens (tertiary/aromatic N) is 2. The summed E-state index contributed by atoms with van der Waals surface area (Å²) < 4.78 is 26.9. The standard InChI is InChI=1S/C16H25N3O3S2/c1-3-17-16(20)13(2)23-15-9-8-14(12-18-15)24(21,22)19-10-6-4-5-7-11-19/h8-9,12-13H,3-7,10-11H2,1-2H3,(H,17,20). The molecule has 1 fully saturated rings. The quantitative estimate of drug-likeness (QED) is 0.776. The Hall–Kier alpha value is -1.12. The summed E-state index contributed by atoms with van der Waals surface area (Å²) in [6.07, 6.45) is 5.37. The second-order valence-electron chi connectivity index (χ2n) is 5.81. The van der Waals surface area contributed by atoms with Gasteiger partial charge in [0.05, 0.1) is 10.3 Å². The number of rotatable bonds is 6. The molecule has 1 aromatic heterocycles. The normalized spacial score (nSPS) is 17.9. The fraction of sp³-hybridized carbons (Fsp3) is 0.625. The molecule has 24 heavy (non-hydrogen) atoms. The molecule has 1 aromatic rings. The maximum Gasteiger partial charge on any atom is 0.244 e. The molecule has 1 aliphatic rings. The van der Waals surface area contributed by atoms with E-state index in [4.69, 9.17) is 0 Å². The van der Waals surface area contributed by atoms with Crippen molar-refractivity contribution in [1.82, 2.24) is 14.6 Å². The van der Waals surface area contributed by atoms with Gasteiger partial charge in [0.25, 0.3) is 0 Å². The summed E-state index contributed by atoms with van der Waals surface area (Å²) in [5.41, 5.74) is 0. The molecule has 0 aromatic carbocycles. The van der Waals surface area contributed by atoms with Crippen LogP contribution < -0.4 is 5.32 Å². The topological polar surface area (TPSA) is 79.4 Å². The average Bonchev–Trinajstić information content (AvgIpc) is 2.85. The SMILES string of the molecule is CCNC(=O)C(C)Sc1ccc(S(=O)(=O)N2CCCCCC2)cn1. The molecule has 1 amide bonds. The number of carbonyl (C=O) groups is 1. The van der Waals surface area contributed by atoms with Gasteiger partial charge < -0.3 is 5.32 Å². The van der Waals surface area contributed by atoms with Gasteiger partial charge in [-0.25, -0.2) is 13.4 Å². The van der Waals surface area contributed by atoms with Crippen LogP contribution in [0.4, 0.5) is 0 Å². The highest BCUT2D eigenvalue weighted by atomic mass is 32.2. The molecule has 8 heteroatoms. The Morgan fingerprint density at radius 2 is 1.96 bits per heavy atom. The van der Waals surface area contributed by atoms with Crippen molar-refractivity contribution in [3.05, 3.63) is 18.3 Å². The first-order valence-corrected chi connectivity index (χ1v) is 10.7. The Morgan fingerprint density at radius 3 is 2.50 bits per heavy atom. The van der Waals surface area contributed by atoms with E-state index in [-0.39, 0.29) is 16.1 Å². The van der Waals surface area contributed by atoms with Crippen LogP contribution in [0.15, 0.2) is 28.3 Å². The molecule has 2 rings (SSSR count). The monoisotopic (exact) mass is 371 g/mol. The first kappa shape index (κ1) is 19.2. The molecular formula is C16H25N3O3S2. The van der Waals surface area contributed by atoms with E-state index in [1.165, 1.54) is 18.0 Å². The van der Waals surface area contributed by atoms with Crippen LogP contribution in [-0.4, -0.2) is 48.5 Å². The molecule has 1 unspecified atom stereocenters. The molecule has 1 aliphatic heterocycles. The maximum atomic E-state index is 12.7. The Morgan fingerprint density at radius 1 is 1.29 bits per heavy atom. The van der Waals surface area contributed by atoms with Gasteiger partial charge in [0, 0.05) is 25.8 Å². The summed E-state index contributed by atoms with van der Waals surface area (Å²) in [6, 6.07) is 3.26. The second kappa shape index (κ2) is 8.82. The number of nitrogens with one attached hydrogen (secondary N) is 1. The molecule has 1 atom stereocenters. The number of aromatic nitrogens is 1. The van der Waals surface area contributed by atoms with Crippen molar-refractivity contribution in [1.29, 1.82) is 0 Å². The zero-order chi connectivity index (χ0) is 17.6. The number of amides is 1. The first-order chi connectivity index (χ1) is 11.4. The fourth-order valence-corrected chi connectivity index (χ4v) is 4.85. The van der Waals surface area contributed by atoms with Gasteiger partial charge >= 0.3 is 0 Å². The van der Waals surface area contributed by atoms with Crippen LogP contribution in [0.25, 0.3) is 0 Å². The lowest BCUT2D eigenvalue weighted by Crippen LogP contribution is -2.32. The van der Waals surface area contributed by atoms with Gasteiger partial charge in [-0.15, -0.1) is 0 Å². The van der Waals surface area contributed by atoms with Crippen LogP contribution in [-0.2, 0) is 14.8 Å². The number of pyridine rings is 1. The number of thioether (sulfide) groups is 1. The summed E-state index contributed by atoms with van der Waals surface area (Å²) in [4.78, 5) is 16.2. The Balaban J connectivity index is 2.06. The lowest BCUT2D eigenvalue weighted by atomic mass is 10.2. The summed E-state index contributed by atoms with van der Waals surface area (Å²) in [7, 11) is -3.47. The highest BCUT2D eigenvalue weighted by molar-refractivity contribution is 8.00. The van der Waals surface area contributed by atoms with E-state index >= 15 is 0 Å². The minimum absolute atomic E-state index is 0.0504. The summed E-state index contributed by atoms with van der Waals surface area (Å²) in [5.74, 6) is -0.0504. The molecule has 1 N–H and O–H groups in total. The van der Waals surface area contributed by atoms with Gasteiger partial charge in [-0.2, -0.15) is 4.31 Å². The van der Waals surface area contributed by atoms with Gasteiger partial charge in [0.2, 0.25) is 15.9 Å². The number of hydrogen-bond acceptors (Lipinski definition) is 5. The molecule has 0 bridgehead atoms. The summed E-state index contributed by atoms with van der Waals surface area (Å²) in [6.45, 7) is 5.42. The Bertz CT molecular complexity index is 639. The fourth-order valence-electron chi connectivity index (χ4n) is 2.57. The van der Waals surface area contributed by atoms with Crippen molar-refractivity contribution in [2.45, 2.75) is 54.7 Å². The molecule has 1 saturated heterocycles.